The molecule has 0 radical (unpaired) electrons. The van der Waals surface area contributed by atoms with Crippen molar-refractivity contribution < 1.29 is 23.8 Å². The first-order chi connectivity index (χ1) is 10.1. The monoisotopic (exact) mass is 289 g/mol. The molecule has 0 aromatic heterocycles. The minimum Gasteiger partial charge on any atom is -0.507 e. The second kappa shape index (κ2) is 5.32. The fourth-order valence-corrected chi connectivity index (χ4v) is 2.01. The van der Waals surface area contributed by atoms with E-state index in [1.54, 1.807) is 18.2 Å². The Labute approximate surface area is 119 Å². The number of anilines is 1. The van der Waals surface area contributed by atoms with Crippen LogP contribution in [0.3, 0.4) is 0 Å². The molecule has 3 rings (SSSR count). The van der Waals surface area contributed by atoms with Gasteiger partial charge in [-0.2, -0.15) is 0 Å². The minimum atomic E-state index is -0.608. The average molecular weight is 289 g/mol. The number of amides is 1. The van der Waals surface area contributed by atoms with Crippen molar-refractivity contribution in [3.8, 4) is 17.2 Å². The van der Waals surface area contributed by atoms with Crippen LogP contribution in [0.2, 0.25) is 0 Å². The van der Waals surface area contributed by atoms with Gasteiger partial charge in [0, 0.05) is 11.8 Å². The largest absolute Gasteiger partial charge is 0.507 e. The van der Waals surface area contributed by atoms with Crippen molar-refractivity contribution in [1.82, 2.24) is 0 Å². The molecule has 1 heterocycles. The van der Waals surface area contributed by atoms with Crippen molar-refractivity contribution in [2.24, 2.45) is 0 Å². The van der Waals surface area contributed by atoms with Gasteiger partial charge in [-0.25, -0.2) is 4.39 Å². The van der Waals surface area contributed by atoms with Gasteiger partial charge < -0.3 is 19.9 Å². The Morgan fingerprint density at radius 2 is 1.86 bits per heavy atom. The quantitative estimate of drug-likeness (QED) is 0.891. The normalized spacial score (nSPS) is 12.8. The van der Waals surface area contributed by atoms with Gasteiger partial charge in [0.05, 0.1) is 5.56 Å². The van der Waals surface area contributed by atoms with E-state index in [0.717, 1.165) is 18.2 Å². The molecule has 0 spiro atoms. The van der Waals surface area contributed by atoms with Crippen LogP contribution in [-0.4, -0.2) is 24.2 Å². The number of phenols is 1. The van der Waals surface area contributed by atoms with Gasteiger partial charge in [0.25, 0.3) is 5.91 Å². The molecule has 2 N–H and O–H groups in total. The van der Waals surface area contributed by atoms with Crippen LogP contribution in [0.15, 0.2) is 36.4 Å². The van der Waals surface area contributed by atoms with E-state index in [9.17, 15) is 14.3 Å². The first kappa shape index (κ1) is 13.2. The highest BCUT2D eigenvalue weighted by Gasteiger charge is 2.15. The third kappa shape index (κ3) is 2.74. The van der Waals surface area contributed by atoms with Crippen molar-refractivity contribution in [3.63, 3.8) is 0 Å². The first-order valence-electron chi connectivity index (χ1n) is 6.33. The number of carbonyl (C=O) groups excluding carboxylic acids is 1. The standard InChI is InChI=1S/C15H12FNO4/c16-9-1-3-12(18)11(7-9)15(19)17-10-2-4-13-14(8-10)21-6-5-20-13/h1-4,7-8,18H,5-6H2,(H,17,19). The molecule has 0 unspecified atom stereocenters. The molecule has 6 heteroatoms. The number of aromatic hydroxyl groups is 1. The number of benzene rings is 2. The molecule has 108 valence electrons. The smallest absolute Gasteiger partial charge is 0.259 e. The fraction of sp³-hybridized carbons (Fsp3) is 0.133. The Kier molecular flexibility index (Phi) is 3.35. The summed E-state index contributed by atoms with van der Waals surface area (Å²) in [4.78, 5) is 12.0. The van der Waals surface area contributed by atoms with Crippen molar-refractivity contribution in [1.29, 1.82) is 0 Å². The third-order valence-electron chi connectivity index (χ3n) is 3.00. The van der Waals surface area contributed by atoms with Gasteiger partial charge >= 0.3 is 0 Å². The van der Waals surface area contributed by atoms with Gasteiger partial charge in [-0.1, -0.05) is 0 Å². The van der Waals surface area contributed by atoms with Crippen molar-refractivity contribution in [2.75, 3.05) is 18.5 Å². The van der Waals surface area contributed by atoms with E-state index in [-0.39, 0.29) is 11.3 Å². The lowest BCUT2D eigenvalue weighted by atomic mass is 10.1. The zero-order valence-electron chi connectivity index (χ0n) is 10.9. The summed E-state index contributed by atoms with van der Waals surface area (Å²) < 4.78 is 23.9. The number of carbonyl (C=O) groups is 1. The highest BCUT2D eigenvalue weighted by molar-refractivity contribution is 6.06. The van der Waals surface area contributed by atoms with Crippen LogP contribution >= 0.6 is 0 Å². The van der Waals surface area contributed by atoms with Crippen LogP contribution in [0.4, 0.5) is 10.1 Å². The van der Waals surface area contributed by atoms with E-state index in [1.165, 1.54) is 0 Å². The van der Waals surface area contributed by atoms with Crippen LogP contribution < -0.4 is 14.8 Å². The molecular weight excluding hydrogens is 277 g/mol. The number of hydrogen-bond acceptors (Lipinski definition) is 4. The topological polar surface area (TPSA) is 67.8 Å². The molecule has 0 aliphatic carbocycles. The highest BCUT2D eigenvalue weighted by Crippen LogP contribution is 2.33. The summed E-state index contributed by atoms with van der Waals surface area (Å²) in [5, 5.41) is 12.2. The Balaban J connectivity index is 1.83. The maximum absolute atomic E-state index is 13.1. The molecule has 21 heavy (non-hydrogen) atoms. The third-order valence-corrected chi connectivity index (χ3v) is 3.00. The Morgan fingerprint density at radius 1 is 1.10 bits per heavy atom. The van der Waals surface area contributed by atoms with E-state index >= 15 is 0 Å². The van der Waals surface area contributed by atoms with Crippen LogP contribution in [0.25, 0.3) is 0 Å². The Morgan fingerprint density at radius 3 is 2.67 bits per heavy atom. The first-order valence-corrected chi connectivity index (χ1v) is 6.33. The maximum Gasteiger partial charge on any atom is 0.259 e. The number of phenolic OH excluding ortho intramolecular Hbond substituents is 1. The predicted octanol–water partition coefficient (Wildman–Crippen LogP) is 2.55. The molecule has 0 bridgehead atoms. The SMILES string of the molecule is O=C(Nc1ccc2c(c1)OCCO2)c1cc(F)ccc1O. The van der Waals surface area contributed by atoms with Crippen molar-refractivity contribution >= 4 is 11.6 Å². The molecule has 1 aliphatic rings. The second-order valence-electron chi connectivity index (χ2n) is 4.47. The molecule has 5 nitrogen and oxygen atoms in total. The summed E-state index contributed by atoms with van der Waals surface area (Å²) >= 11 is 0. The molecule has 0 atom stereocenters. The number of fused-ring (bicyclic) bond motifs is 1. The summed E-state index contributed by atoms with van der Waals surface area (Å²) in [5.74, 6) is -0.356. The molecule has 1 aliphatic heterocycles. The summed E-state index contributed by atoms with van der Waals surface area (Å²) in [7, 11) is 0. The number of halogens is 1. The molecule has 2 aromatic carbocycles. The van der Waals surface area contributed by atoms with Crippen LogP contribution in [-0.2, 0) is 0 Å². The van der Waals surface area contributed by atoms with Crippen LogP contribution in [0.1, 0.15) is 10.4 Å². The molecule has 0 saturated heterocycles. The van der Waals surface area contributed by atoms with Gasteiger partial charge in [0.1, 0.15) is 24.8 Å². The molecular formula is C15H12FNO4. The van der Waals surface area contributed by atoms with E-state index in [4.69, 9.17) is 9.47 Å². The van der Waals surface area contributed by atoms with Gasteiger partial charge in [0.2, 0.25) is 0 Å². The Bertz CT molecular complexity index is 702. The second-order valence-corrected chi connectivity index (χ2v) is 4.47. The van der Waals surface area contributed by atoms with Gasteiger partial charge in [-0.05, 0) is 30.3 Å². The van der Waals surface area contributed by atoms with Crippen LogP contribution in [0.5, 0.6) is 17.2 Å². The lowest BCUT2D eigenvalue weighted by Gasteiger charge is -2.19. The molecule has 2 aromatic rings. The molecule has 0 saturated carbocycles. The lowest BCUT2D eigenvalue weighted by Crippen LogP contribution is -2.16. The van der Waals surface area contributed by atoms with E-state index < -0.39 is 11.7 Å². The zero-order chi connectivity index (χ0) is 14.8. The Hall–Kier alpha value is -2.76. The van der Waals surface area contributed by atoms with Crippen LogP contribution in [0, 0.1) is 5.82 Å². The highest BCUT2D eigenvalue weighted by atomic mass is 19.1. The number of nitrogens with one attached hydrogen (secondary N) is 1. The maximum atomic E-state index is 13.1. The number of hydrogen-bond donors (Lipinski definition) is 2. The van der Waals surface area contributed by atoms with E-state index in [2.05, 4.69) is 5.32 Å². The van der Waals surface area contributed by atoms with Crippen molar-refractivity contribution in [2.45, 2.75) is 0 Å². The summed E-state index contributed by atoms with van der Waals surface area (Å²) in [6, 6.07) is 8.12. The fourth-order valence-electron chi connectivity index (χ4n) is 2.01. The summed E-state index contributed by atoms with van der Waals surface area (Å²) in [5.41, 5.74) is 0.331. The van der Waals surface area contributed by atoms with E-state index in [0.29, 0.717) is 30.4 Å². The van der Waals surface area contributed by atoms with Gasteiger partial charge in [0.15, 0.2) is 11.5 Å². The summed E-state index contributed by atoms with van der Waals surface area (Å²) in [6.45, 7) is 0.922. The van der Waals surface area contributed by atoms with Crippen molar-refractivity contribution in [3.05, 3.63) is 47.8 Å². The average Bonchev–Trinajstić information content (AvgIpc) is 2.49. The number of rotatable bonds is 2. The van der Waals surface area contributed by atoms with E-state index in [1.807, 2.05) is 0 Å². The number of ether oxygens (including phenoxy) is 2. The zero-order valence-corrected chi connectivity index (χ0v) is 10.9. The van der Waals surface area contributed by atoms with Gasteiger partial charge in [-0.15, -0.1) is 0 Å². The van der Waals surface area contributed by atoms with Gasteiger partial charge in [-0.3, -0.25) is 4.79 Å². The minimum absolute atomic E-state index is 0.134. The lowest BCUT2D eigenvalue weighted by molar-refractivity contribution is 0.102. The molecule has 1 amide bonds. The molecule has 0 fully saturated rings. The predicted molar refractivity (Wildman–Crippen MR) is 73.5 cm³/mol. The summed E-state index contributed by atoms with van der Waals surface area (Å²) in [6.07, 6.45) is 0.